The van der Waals surface area contributed by atoms with Crippen molar-refractivity contribution in [2.75, 3.05) is 11.5 Å². The Kier molecular flexibility index (Phi) is 7.87. The third-order valence-corrected chi connectivity index (χ3v) is 5.65. The monoisotopic (exact) mass is 356 g/mol. The van der Waals surface area contributed by atoms with E-state index in [1.165, 1.54) is 40.6 Å². The van der Waals surface area contributed by atoms with E-state index < -0.39 is 0 Å². The van der Waals surface area contributed by atoms with E-state index in [9.17, 15) is 0 Å². The third-order valence-electron chi connectivity index (χ3n) is 2.95. The molecule has 0 heterocycles. The summed E-state index contributed by atoms with van der Waals surface area (Å²) in [4.78, 5) is 2.60. The van der Waals surface area contributed by atoms with Crippen LogP contribution in [0.15, 0.2) is 58.3 Å². The van der Waals surface area contributed by atoms with Gasteiger partial charge in [-0.05, 0) is 72.9 Å². The molecule has 0 aliphatic heterocycles. The van der Waals surface area contributed by atoms with Crippen LogP contribution in [0, 0.1) is 0 Å². The van der Waals surface area contributed by atoms with Gasteiger partial charge in [0.1, 0.15) is 0 Å². The first-order valence-corrected chi connectivity index (χ1v) is 9.73. The molecule has 0 fully saturated rings. The normalized spacial score (nSPS) is 10.8. The van der Waals surface area contributed by atoms with Crippen molar-refractivity contribution in [3.8, 4) is 0 Å². The lowest BCUT2D eigenvalue weighted by Gasteiger charge is -2.03. The van der Waals surface area contributed by atoms with Gasteiger partial charge in [-0.2, -0.15) is 0 Å². The smallest absolute Gasteiger partial charge is 0.0406 e. The van der Waals surface area contributed by atoms with Gasteiger partial charge in [-0.1, -0.05) is 29.6 Å². The minimum atomic E-state index is 0.804. The van der Waals surface area contributed by atoms with Gasteiger partial charge in [0.25, 0.3) is 0 Å². The van der Waals surface area contributed by atoms with Gasteiger partial charge < -0.3 is 0 Å². The van der Waals surface area contributed by atoms with Gasteiger partial charge in [0.15, 0.2) is 0 Å². The molecule has 0 N–H and O–H groups in total. The minimum absolute atomic E-state index is 0.804. The number of thioether (sulfide) groups is 2. The fraction of sp³-hybridized carbons (Fsp3) is 0.294. The average molecular weight is 357 g/mol. The van der Waals surface area contributed by atoms with E-state index in [-0.39, 0.29) is 0 Å². The van der Waals surface area contributed by atoms with Gasteiger partial charge in [-0.15, -0.1) is 23.5 Å². The van der Waals surface area contributed by atoms with E-state index in [1.807, 2.05) is 47.8 Å². The lowest BCUT2D eigenvalue weighted by atomic mass is 10.3. The molecule has 0 spiro atoms. The lowest BCUT2D eigenvalue weighted by molar-refractivity contribution is 0.785. The molecule has 112 valence electrons. The Labute approximate surface area is 145 Å². The summed E-state index contributed by atoms with van der Waals surface area (Å²) in [6.07, 6.45) is 3.80. The first-order chi connectivity index (χ1) is 10.2. The Morgan fingerprint density at radius 2 is 0.952 bits per heavy atom. The van der Waals surface area contributed by atoms with Crippen LogP contribution in [-0.4, -0.2) is 11.5 Å². The maximum atomic E-state index is 5.87. The number of hydrogen-bond donors (Lipinski definition) is 0. The molecule has 2 aromatic carbocycles. The molecule has 0 atom stereocenters. The first-order valence-electron chi connectivity index (χ1n) is 7.01. The summed E-state index contributed by atoms with van der Waals surface area (Å²) in [6.45, 7) is 0. The Hall–Kier alpha value is -0.280. The molecule has 2 aromatic rings. The summed E-state index contributed by atoms with van der Waals surface area (Å²) >= 11 is 15.6. The molecular formula is C17H18Cl2S2. The van der Waals surface area contributed by atoms with Gasteiger partial charge in [0.05, 0.1) is 0 Å². The van der Waals surface area contributed by atoms with Crippen molar-refractivity contribution in [3.05, 3.63) is 58.6 Å². The van der Waals surface area contributed by atoms with Crippen LogP contribution in [0.25, 0.3) is 0 Å². The number of hydrogen-bond acceptors (Lipinski definition) is 2. The number of halogens is 2. The van der Waals surface area contributed by atoms with Gasteiger partial charge >= 0.3 is 0 Å². The van der Waals surface area contributed by atoms with Crippen LogP contribution in [0.2, 0.25) is 10.0 Å². The molecule has 2 rings (SSSR count). The number of benzene rings is 2. The molecule has 0 nitrogen and oxygen atoms in total. The van der Waals surface area contributed by atoms with Crippen molar-refractivity contribution in [1.29, 1.82) is 0 Å². The third kappa shape index (κ3) is 7.01. The second-order valence-corrected chi connectivity index (χ2v) is 7.87. The van der Waals surface area contributed by atoms with E-state index in [4.69, 9.17) is 23.2 Å². The molecule has 0 saturated carbocycles. The first kappa shape index (κ1) is 17.1. The van der Waals surface area contributed by atoms with E-state index in [2.05, 4.69) is 24.3 Å². The van der Waals surface area contributed by atoms with Crippen LogP contribution in [0.5, 0.6) is 0 Å². The molecule has 0 radical (unpaired) electrons. The summed E-state index contributed by atoms with van der Waals surface area (Å²) in [5.74, 6) is 2.35. The maximum Gasteiger partial charge on any atom is 0.0406 e. The van der Waals surface area contributed by atoms with E-state index in [0.29, 0.717) is 0 Å². The second kappa shape index (κ2) is 9.68. The van der Waals surface area contributed by atoms with Crippen LogP contribution >= 0.6 is 46.7 Å². The van der Waals surface area contributed by atoms with Crippen LogP contribution in [-0.2, 0) is 0 Å². The SMILES string of the molecule is Clc1ccc(SCCCCCSc2ccc(Cl)cc2)cc1. The van der Waals surface area contributed by atoms with Crippen molar-refractivity contribution in [1.82, 2.24) is 0 Å². The lowest BCUT2D eigenvalue weighted by Crippen LogP contribution is -1.84. The molecule has 4 heteroatoms. The quantitative estimate of drug-likeness (QED) is 0.367. The summed E-state index contributed by atoms with van der Waals surface area (Å²) in [7, 11) is 0. The zero-order chi connectivity index (χ0) is 14.9. The summed E-state index contributed by atoms with van der Waals surface area (Å²) in [6, 6.07) is 16.2. The predicted molar refractivity (Wildman–Crippen MR) is 98.2 cm³/mol. The molecule has 0 aliphatic carbocycles. The predicted octanol–water partition coefficient (Wildman–Crippen LogP) is 7.05. The molecule has 0 saturated heterocycles. The van der Waals surface area contributed by atoms with Gasteiger partial charge in [-0.3, -0.25) is 0 Å². The highest BCUT2D eigenvalue weighted by Crippen LogP contribution is 2.23. The van der Waals surface area contributed by atoms with Crippen LogP contribution in [0.4, 0.5) is 0 Å². The highest BCUT2D eigenvalue weighted by molar-refractivity contribution is 7.99. The fourth-order valence-corrected chi connectivity index (χ4v) is 3.90. The van der Waals surface area contributed by atoms with E-state index in [1.54, 1.807) is 0 Å². The standard InChI is InChI=1S/C17H18Cl2S2/c18-14-4-8-16(9-5-14)20-12-2-1-3-13-21-17-10-6-15(19)7-11-17/h4-11H,1-3,12-13H2. The van der Waals surface area contributed by atoms with Crippen molar-refractivity contribution in [2.45, 2.75) is 29.1 Å². The molecule has 0 bridgehead atoms. The minimum Gasteiger partial charge on any atom is -0.126 e. The van der Waals surface area contributed by atoms with E-state index >= 15 is 0 Å². The zero-order valence-corrected chi connectivity index (χ0v) is 14.9. The molecular weight excluding hydrogens is 339 g/mol. The van der Waals surface area contributed by atoms with Crippen molar-refractivity contribution in [3.63, 3.8) is 0 Å². The highest BCUT2D eigenvalue weighted by atomic mass is 35.5. The average Bonchev–Trinajstić information content (AvgIpc) is 2.50. The van der Waals surface area contributed by atoms with Crippen molar-refractivity contribution in [2.24, 2.45) is 0 Å². The van der Waals surface area contributed by atoms with Crippen molar-refractivity contribution < 1.29 is 0 Å². The molecule has 0 amide bonds. The highest BCUT2D eigenvalue weighted by Gasteiger charge is 1.97. The molecule has 0 aliphatic rings. The molecule has 0 unspecified atom stereocenters. The Balaban J connectivity index is 1.52. The summed E-state index contributed by atoms with van der Waals surface area (Å²) in [5.41, 5.74) is 0. The van der Waals surface area contributed by atoms with Gasteiger partial charge in [-0.25, -0.2) is 0 Å². The van der Waals surface area contributed by atoms with Gasteiger partial charge in [0, 0.05) is 19.8 Å². The Morgan fingerprint density at radius 3 is 1.33 bits per heavy atom. The zero-order valence-electron chi connectivity index (χ0n) is 11.7. The second-order valence-electron chi connectivity index (χ2n) is 4.67. The van der Waals surface area contributed by atoms with Crippen molar-refractivity contribution >= 4 is 46.7 Å². The number of rotatable bonds is 8. The topological polar surface area (TPSA) is 0 Å². The largest absolute Gasteiger partial charge is 0.126 e. The van der Waals surface area contributed by atoms with Gasteiger partial charge in [0.2, 0.25) is 0 Å². The van der Waals surface area contributed by atoms with Crippen LogP contribution in [0.1, 0.15) is 19.3 Å². The Bertz CT molecular complexity index is 474. The fourth-order valence-electron chi connectivity index (χ4n) is 1.82. The molecule has 21 heavy (non-hydrogen) atoms. The van der Waals surface area contributed by atoms with Crippen LogP contribution in [0.3, 0.4) is 0 Å². The van der Waals surface area contributed by atoms with Crippen LogP contribution < -0.4 is 0 Å². The Morgan fingerprint density at radius 1 is 0.571 bits per heavy atom. The molecule has 0 aromatic heterocycles. The number of unbranched alkanes of at least 4 members (excludes halogenated alkanes) is 2. The summed E-state index contributed by atoms with van der Waals surface area (Å²) < 4.78 is 0. The van der Waals surface area contributed by atoms with E-state index in [0.717, 1.165) is 10.0 Å². The summed E-state index contributed by atoms with van der Waals surface area (Å²) in [5, 5.41) is 1.61. The maximum absolute atomic E-state index is 5.87.